The number of benzene rings is 2. The van der Waals surface area contributed by atoms with Crippen molar-refractivity contribution < 1.29 is 14.8 Å². The molecular weight excluding hydrogens is 296 g/mol. The van der Waals surface area contributed by atoms with E-state index in [1.54, 1.807) is 6.08 Å². The Hall–Kier alpha value is -3.15. The van der Waals surface area contributed by atoms with Gasteiger partial charge in [-0.15, -0.1) is 0 Å². The number of phenolic OH excluding ortho intramolecular Hbond substituents is 1. The van der Waals surface area contributed by atoms with Crippen LogP contribution in [0, 0.1) is 17.0 Å². The Bertz CT molecular complexity index is 769. The molecule has 2 aromatic carbocycles. The van der Waals surface area contributed by atoms with E-state index < -0.39 is 4.92 Å². The molecule has 0 unspecified atom stereocenters. The lowest BCUT2D eigenvalue weighted by molar-refractivity contribution is -0.384. The number of nitro benzene ring substituents is 1. The van der Waals surface area contributed by atoms with Gasteiger partial charge in [0.25, 0.3) is 5.69 Å². The number of non-ortho nitro benzene ring substituents is 1. The van der Waals surface area contributed by atoms with Crippen molar-refractivity contribution in [2.45, 2.75) is 13.5 Å². The van der Waals surface area contributed by atoms with Gasteiger partial charge in [0.05, 0.1) is 4.92 Å². The number of hydrogen-bond donors (Lipinski definition) is 2. The zero-order valence-corrected chi connectivity index (χ0v) is 12.5. The number of amides is 1. The van der Waals surface area contributed by atoms with Crippen LogP contribution in [0.1, 0.15) is 16.7 Å². The van der Waals surface area contributed by atoms with E-state index in [0.29, 0.717) is 0 Å². The zero-order valence-electron chi connectivity index (χ0n) is 12.5. The number of carbonyl (C=O) groups excluding carboxylic acids is 1. The van der Waals surface area contributed by atoms with Crippen LogP contribution in [0.3, 0.4) is 0 Å². The maximum Gasteiger partial charge on any atom is 0.270 e. The Labute approximate surface area is 133 Å². The van der Waals surface area contributed by atoms with Crippen LogP contribution in [0.15, 0.2) is 48.5 Å². The summed E-state index contributed by atoms with van der Waals surface area (Å²) in [5, 5.41) is 23.0. The molecular formula is C17H16N2O4. The van der Waals surface area contributed by atoms with Crippen LogP contribution in [0.25, 0.3) is 6.08 Å². The minimum atomic E-state index is -0.553. The van der Waals surface area contributed by atoms with Gasteiger partial charge in [0.2, 0.25) is 5.91 Å². The van der Waals surface area contributed by atoms with Crippen molar-refractivity contribution in [3.63, 3.8) is 0 Å². The molecule has 0 saturated heterocycles. The van der Waals surface area contributed by atoms with Crippen molar-refractivity contribution in [1.29, 1.82) is 0 Å². The van der Waals surface area contributed by atoms with Gasteiger partial charge >= 0.3 is 0 Å². The number of aryl methyl sites for hydroxylation is 1. The van der Waals surface area contributed by atoms with Crippen LogP contribution in [0.4, 0.5) is 5.69 Å². The molecule has 0 saturated carbocycles. The summed E-state index contributed by atoms with van der Waals surface area (Å²) in [4.78, 5) is 22.0. The topological polar surface area (TPSA) is 92.5 Å². The lowest BCUT2D eigenvalue weighted by atomic mass is 10.1. The van der Waals surface area contributed by atoms with Gasteiger partial charge in [0.15, 0.2) is 0 Å². The summed E-state index contributed by atoms with van der Waals surface area (Å²) in [7, 11) is 0. The van der Waals surface area contributed by atoms with Crippen molar-refractivity contribution in [3.05, 3.63) is 75.3 Å². The maximum atomic E-state index is 11.8. The molecule has 1 amide bonds. The summed E-state index contributed by atoms with van der Waals surface area (Å²) in [5.41, 5.74) is 2.13. The monoisotopic (exact) mass is 312 g/mol. The fourth-order valence-corrected chi connectivity index (χ4v) is 2.01. The predicted octanol–water partition coefficient (Wildman–Crippen LogP) is 2.94. The van der Waals surface area contributed by atoms with Crippen LogP contribution in [-0.2, 0) is 11.3 Å². The molecule has 2 rings (SSSR count). The highest BCUT2D eigenvalue weighted by Crippen LogP contribution is 2.22. The molecule has 0 aliphatic heterocycles. The van der Waals surface area contributed by atoms with Crippen molar-refractivity contribution in [3.8, 4) is 5.75 Å². The Balaban J connectivity index is 2.01. The van der Waals surface area contributed by atoms with Gasteiger partial charge < -0.3 is 10.4 Å². The van der Waals surface area contributed by atoms with Crippen LogP contribution in [0.2, 0.25) is 0 Å². The number of rotatable bonds is 5. The predicted molar refractivity (Wildman–Crippen MR) is 86.8 cm³/mol. The van der Waals surface area contributed by atoms with E-state index in [0.717, 1.165) is 11.1 Å². The molecule has 23 heavy (non-hydrogen) atoms. The maximum absolute atomic E-state index is 11.8. The van der Waals surface area contributed by atoms with Crippen molar-refractivity contribution in [2.75, 3.05) is 0 Å². The first-order chi connectivity index (χ1) is 11.0. The van der Waals surface area contributed by atoms with Gasteiger partial charge in [-0.3, -0.25) is 14.9 Å². The lowest BCUT2D eigenvalue weighted by Gasteiger charge is -2.05. The minimum absolute atomic E-state index is 0.00442. The zero-order chi connectivity index (χ0) is 16.8. The number of aromatic hydroxyl groups is 1. The normalized spacial score (nSPS) is 10.7. The molecule has 0 aliphatic rings. The fraction of sp³-hybridized carbons (Fsp3) is 0.118. The van der Waals surface area contributed by atoms with Crippen molar-refractivity contribution in [1.82, 2.24) is 5.32 Å². The summed E-state index contributed by atoms with van der Waals surface area (Å²) in [6.45, 7) is 1.95. The fourth-order valence-electron chi connectivity index (χ4n) is 2.01. The van der Waals surface area contributed by atoms with E-state index in [4.69, 9.17) is 0 Å². The quantitative estimate of drug-likeness (QED) is 0.504. The number of hydrogen-bond acceptors (Lipinski definition) is 4. The van der Waals surface area contributed by atoms with Crippen LogP contribution in [-0.4, -0.2) is 15.9 Å². The molecule has 6 nitrogen and oxygen atoms in total. The van der Waals surface area contributed by atoms with Crippen LogP contribution < -0.4 is 5.32 Å². The average Bonchev–Trinajstić information content (AvgIpc) is 2.53. The molecule has 0 aliphatic carbocycles. The third-order valence-electron chi connectivity index (χ3n) is 3.33. The summed E-state index contributed by atoms with van der Waals surface area (Å²) in [6, 6.07) is 11.3. The molecule has 0 spiro atoms. The molecule has 6 heteroatoms. The highest BCUT2D eigenvalue weighted by Gasteiger charge is 2.10. The molecule has 0 fully saturated rings. The Morgan fingerprint density at radius 2 is 2.04 bits per heavy atom. The van der Waals surface area contributed by atoms with Gasteiger partial charge in [-0.1, -0.05) is 24.3 Å². The largest absolute Gasteiger partial charge is 0.508 e. The molecule has 118 valence electrons. The number of phenols is 1. The van der Waals surface area contributed by atoms with E-state index in [2.05, 4.69) is 5.32 Å². The van der Waals surface area contributed by atoms with Crippen LogP contribution in [0.5, 0.6) is 5.75 Å². The van der Waals surface area contributed by atoms with E-state index >= 15 is 0 Å². The highest BCUT2D eigenvalue weighted by atomic mass is 16.6. The molecule has 0 radical (unpaired) electrons. The molecule has 2 aromatic rings. The number of carbonyl (C=O) groups is 1. The highest BCUT2D eigenvalue weighted by molar-refractivity contribution is 5.91. The van der Waals surface area contributed by atoms with Gasteiger partial charge in [-0.2, -0.15) is 0 Å². The molecule has 0 aromatic heterocycles. The second kappa shape index (κ2) is 7.22. The summed E-state index contributed by atoms with van der Waals surface area (Å²) in [6.07, 6.45) is 3.08. The number of nitrogens with one attached hydrogen (secondary N) is 1. The molecule has 0 atom stereocenters. The van der Waals surface area contributed by atoms with Crippen molar-refractivity contribution >= 4 is 17.7 Å². The second-order valence-corrected chi connectivity index (χ2v) is 4.98. The van der Waals surface area contributed by atoms with E-state index in [9.17, 15) is 20.0 Å². The standard InChI is InChI=1S/C17H16N2O4/c1-12-4-2-3-5-13(12)6-9-17(21)18-11-14-10-15(19(22)23)7-8-16(14)20/h2-10,20H,11H2,1H3,(H,18,21)/b9-6+. The summed E-state index contributed by atoms with van der Waals surface area (Å²) < 4.78 is 0. The minimum Gasteiger partial charge on any atom is -0.508 e. The van der Waals surface area contributed by atoms with Crippen LogP contribution >= 0.6 is 0 Å². The van der Waals surface area contributed by atoms with E-state index in [1.165, 1.54) is 24.3 Å². The smallest absolute Gasteiger partial charge is 0.270 e. The van der Waals surface area contributed by atoms with Gasteiger partial charge in [-0.05, 0) is 30.2 Å². The summed E-state index contributed by atoms with van der Waals surface area (Å²) >= 11 is 0. The number of nitrogens with zero attached hydrogens (tertiary/aromatic N) is 1. The van der Waals surface area contributed by atoms with Gasteiger partial charge in [-0.25, -0.2) is 0 Å². The van der Waals surface area contributed by atoms with Crippen molar-refractivity contribution in [2.24, 2.45) is 0 Å². The molecule has 2 N–H and O–H groups in total. The third kappa shape index (κ3) is 4.41. The average molecular weight is 312 g/mol. The summed E-state index contributed by atoms with van der Waals surface area (Å²) in [5.74, 6) is -0.446. The first kappa shape index (κ1) is 16.2. The van der Waals surface area contributed by atoms with Gasteiger partial charge in [0.1, 0.15) is 5.75 Å². The van der Waals surface area contributed by atoms with E-state index in [1.807, 2.05) is 31.2 Å². The number of nitro groups is 1. The lowest BCUT2D eigenvalue weighted by Crippen LogP contribution is -2.20. The third-order valence-corrected chi connectivity index (χ3v) is 3.33. The first-order valence-corrected chi connectivity index (χ1v) is 6.95. The Morgan fingerprint density at radius 1 is 1.30 bits per heavy atom. The second-order valence-electron chi connectivity index (χ2n) is 4.98. The Morgan fingerprint density at radius 3 is 2.74 bits per heavy atom. The molecule has 0 bridgehead atoms. The first-order valence-electron chi connectivity index (χ1n) is 6.95. The molecule has 0 heterocycles. The Kier molecular flexibility index (Phi) is 5.09. The van der Waals surface area contributed by atoms with E-state index in [-0.39, 0.29) is 29.5 Å². The van der Waals surface area contributed by atoms with Gasteiger partial charge in [0, 0.05) is 30.3 Å². The SMILES string of the molecule is Cc1ccccc1/C=C/C(=O)NCc1cc([N+](=O)[O-])ccc1O.